The molecule has 1 saturated heterocycles. The largest absolute Gasteiger partial charge is 0.463 e. The summed E-state index contributed by atoms with van der Waals surface area (Å²) >= 11 is 0. The maximum absolute atomic E-state index is 12.0. The first kappa shape index (κ1) is 28.7. The lowest BCUT2D eigenvalue weighted by atomic mass is 9.98. The van der Waals surface area contributed by atoms with Crippen molar-refractivity contribution in [2.75, 3.05) is 6.61 Å². The van der Waals surface area contributed by atoms with Gasteiger partial charge in [0.1, 0.15) is 18.8 Å². The molecule has 0 spiro atoms. The molecule has 0 amide bonds. The molecule has 0 radical (unpaired) electrons. The van der Waals surface area contributed by atoms with Crippen molar-refractivity contribution in [3.63, 3.8) is 0 Å². The minimum Gasteiger partial charge on any atom is -0.463 e. The molecule has 0 bridgehead atoms. The van der Waals surface area contributed by atoms with E-state index in [-0.39, 0.29) is 6.61 Å². The lowest BCUT2D eigenvalue weighted by Crippen LogP contribution is -2.63. The van der Waals surface area contributed by atoms with Crippen LogP contribution in [0.5, 0.6) is 0 Å². The molecule has 0 saturated carbocycles. The molecule has 10 nitrogen and oxygen atoms in total. The van der Waals surface area contributed by atoms with Gasteiger partial charge in [0.2, 0.25) is 6.29 Å². The van der Waals surface area contributed by atoms with Gasteiger partial charge < -0.3 is 28.4 Å². The second kappa shape index (κ2) is 13.6. The van der Waals surface area contributed by atoms with Crippen molar-refractivity contribution in [2.24, 2.45) is 0 Å². The molecule has 1 aromatic rings. The predicted molar refractivity (Wildman–Crippen MR) is 131 cm³/mol. The van der Waals surface area contributed by atoms with E-state index in [1.54, 1.807) is 0 Å². The third kappa shape index (κ3) is 8.34. The van der Waals surface area contributed by atoms with Crippen LogP contribution in [0.1, 0.15) is 58.1 Å². The normalized spacial score (nSPS) is 26.1. The molecule has 6 atom stereocenters. The van der Waals surface area contributed by atoms with Crippen LogP contribution in [0.2, 0.25) is 0 Å². The second-order valence-corrected chi connectivity index (χ2v) is 8.70. The zero-order valence-electron chi connectivity index (χ0n) is 21.7. The highest BCUT2D eigenvalue weighted by molar-refractivity contribution is 5.68. The molecule has 2 aliphatic rings. The van der Waals surface area contributed by atoms with Gasteiger partial charge in [-0.3, -0.25) is 19.2 Å². The molecule has 0 aromatic heterocycles. The van der Waals surface area contributed by atoms with Crippen molar-refractivity contribution in [2.45, 2.75) is 83.8 Å². The fourth-order valence-corrected chi connectivity index (χ4v) is 4.03. The van der Waals surface area contributed by atoms with Gasteiger partial charge in [-0.25, -0.2) is 0 Å². The zero-order valence-corrected chi connectivity index (χ0v) is 21.7. The number of carbonyl (C=O) groups is 4. The molecular weight excluding hydrogens is 496 g/mol. The summed E-state index contributed by atoms with van der Waals surface area (Å²) < 4.78 is 33.6. The maximum Gasteiger partial charge on any atom is 0.303 e. The van der Waals surface area contributed by atoms with Crippen LogP contribution in [-0.2, 0) is 47.6 Å². The van der Waals surface area contributed by atoms with Crippen LogP contribution in [0.4, 0.5) is 0 Å². The smallest absolute Gasteiger partial charge is 0.303 e. The summed E-state index contributed by atoms with van der Waals surface area (Å²) in [6.07, 6.45) is -5.18. The Balaban J connectivity index is 1.97. The average molecular weight is 527 g/mol. The highest BCUT2D eigenvalue weighted by Crippen LogP contribution is 2.31. The molecule has 0 unspecified atom stereocenters. The lowest BCUT2D eigenvalue weighted by molar-refractivity contribution is -0.313. The number of benzene rings is 1. The molecule has 1 fully saturated rings. The van der Waals surface area contributed by atoms with Crippen molar-refractivity contribution in [3.8, 4) is 23.7 Å². The summed E-state index contributed by atoms with van der Waals surface area (Å²) in [4.78, 5) is 47.4. The Hall–Kier alpha value is -3.86. The van der Waals surface area contributed by atoms with E-state index >= 15 is 0 Å². The molecule has 10 heteroatoms. The first-order valence-corrected chi connectivity index (χ1v) is 12.2. The first-order valence-electron chi connectivity index (χ1n) is 12.2. The fourth-order valence-electron chi connectivity index (χ4n) is 4.03. The first-order chi connectivity index (χ1) is 18.1. The molecule has 38 heavy (non-hydrogen) atoms. The molecule has 0 N–H and O–H groups in total. The molecule has 202 valence electrons. The highest BCUT2D eigenvalue weighted by Gasteiger charge is 2.53. The summed E-state index contributed by atoms with van der Waals surface area (Å²) in [6.45, 7) is 4.36. The number of ether oxygens (including phenoxy) is 6. The Morgan fingerprint density at radius 2 is 1.45 bits per heavy atom. The van der Waals surface area contributed by atoms with Crippen LogP contribution in [0.3, 0.4) is 0 Å². The van der Waals surface area contributed by atoms with Gasteiger partial charge >= 0.3 is 23.9 Å². The Labute approximate surface area is 221 Å². The Morgan fingerprint density at radius 3 is 2.08 bits per heavy atom. The van der Waals surface area contributed by atoms with Crippen LogP contribution in [0.25, 0.3) is 0 Å². The van der Waals surface area contributed by atoms with Crippen LogP contribution >= 0.6 is 0 Å². The minimum atomic E-state index is -1.31. The van der Waals surface area contributed by atoms with Gasteiger partial charge in [-0.15, -0.1) is 0 Å². The second-order valence-electron chi connectivity index (χ2n) is 8.70. The third-order valence-corrected chi connectivity index (χ3v) is 5.53. The molecular formula is C28H30O10. The number of carbonyl (C=O) groups excluding carboxylic acids is 4. The highest BCUT2D eigenvalue weighted by atomic mass is 16.7. The average Bonchev–Trinajstić information content (AvgIpc) is 2.84. The van der Waals surface area contributed by atoms with Gasteiger partial charge in [-0.2, -0.15) is 0 Å². The van der Waals surface area contributed by atoms with Crippen LogP contribution in [0, 0.1) is 23.7 Å². The van der Waals surface area contributed by atoms with E-state index in [1.165, 1.54) is 13.8 Å². The minimum absolute atomic E-state index is 0.336. The number of hydrogen-bond acceptors (Lipinski definition) is 10. The van der Waals surface area contributed by atoms with Crippen LogP contribution in [-0.4, -0.2) is 67.3 Å². The van der Waals surface area contributed by atoms with E-state index in [0.717, 1.165) is 25.0 Å². The predicted octanol–water partition coefficient (Wildman–Crippen LogP) is 2.04. The van der Waals surface area contributed by atoms with E-state index < -0.39 is 60.7 Å². The van der Waals surface area contributed by atoms with Crippen molar-refractivity contribution in [1.29, 1.82) is 0 Å². The summed E-state index contributed by atoms with van der Waals surface area (Å²) in [5, 5.41) is 0. The standard InChI is InChI=1S/C28H30O10/c1-17(29)33-16-24-25(34-18(2)30)26(35-19(3)31)27(36-20(4)32)28(38-24)37-23-13-7-5-6-10-21-11-8-9-12-22(21)14-15-23/h8-9,11-12,23-28H,5,7,13,16H2,1-4H3/t23-,24-,25-,26+,27-,28-/m1/s1. The SMILES string of the molecule is CC(=O)OC[C@H]1O[C@@H](O[C@H]2C#Cc3ccccc3C#CCCC2)[C@H](OC(C)=O)[C@@H](OC(C)=O)[C@@H]1OC(C)=O. The van der Waals surface area contributed by atoms with E-state index in [4.69, 9.17) is 28.4 Å². The van der Waals surface area contributed by atoms with Gasteiger partial charge in [0, 0.05) is 45.2 Å². The van der Waals surface area contributed by atoms with E-state index in [1.807, 2.05) is 24.3 Å². The maximum atomic E-state index is 12.0. The van der Waals surface area contributed by atoms with Crippen molar-refractivity contribution >= 4 is 23.9 Å². The number of rotatable bonds is 7. The van der Waals surface area contributed by atoms with Crippen LogP contribution in [0.15, 0.2) is 24.3 Å². The number of esters is 4. The van der Waals surface area contributed by atoms with Gasteiger partial charge in [-0.1, -0.05) is 35.8 Å². The topological polar surface area (TPSA) is 124 Å². The molecule has 3 rings (SSSR count). The number of hydrogen-bond donors (Lipinski definition) is 0. The van der Waals surface area contributed by atoms with Gasteiger partial charge in [0.15, 0.2) is 18.3 Å². The van der Waals surface area contributed by atoms with Gasteiger partial charge in [0.25, 0.3) is 0 Å². The quantitative estimate of drug-likeness (QED) is 0.296. The van der Waals surface area contributed by atoms with Crippen molar-refractivity contribution in [3.05, 3.63) is 35.4 Å². The van der Waals surface area contributed by atoms with E-state index in [0.29, 0.717) is 19.3 Å². The summed E-state index contributed by atoms with van der Waals surface area (Å²) in [5.74, 6) is 9.71. The van der Waals surface area contributed by atoms with Gasteiger partial charge in [0.05, 0.1) is 0 Å². The van der Waals surface area contributed by atoms with Crippen LogP contribution < -0.4 is 0 Å². The fraction of sp³-hybridized carbons (Fsp3) is 0.500. The Kier molecular flexibility index (Phi) is 10.3. The molecule has 1 aromatic carbocycles. The van der Waals surface area contributed by atoms with Crippen molar-refractivity contribution in [1.82, 2.24) is 0 Å². The van der Waals surface area contributed by atoms with Crippen molar-refractivity contribution < 1.29 is 47.6 Å². The monoisotopic (exact) mass is 526 g/mol. The summed E-state index contributed by atoms with van der Waals surface area (Å²) in [5.41, 5.74) is 1.53. The molecule has 1 heterocycles. The van der Waals surface area contributed by atoms with E-state index in [2.05, 4.69) is 23.7 Å². The molecule has 1 aliphatic carbocycles. The summed E-state index contributed by atoms with van der Waals surface area (Å²) in [6, 6.07) is 7.47. The van der Waals surface area contributed by atoms with E-state index in [9.17, 15) is 19.2 Å². The summed E-state index contributed by atoms with van der Waals surface area (Å²) in [7, 11) is 0. The Morgan fingerprint density at radius 1 is 0.842 bits per heavy atom. The van der Waals surface area contributed by atoms with Gasteiger partial charge in [-0.05, 0) is 25.0 Å². The number of fused-ring (bicyclic) bond motifs is 1. The zero-order chi connectivity index (χ0) is 27.7. The third-order valence-electron chi connectivity index (χ3n) is 5.53. The Bertz CT molecular complexity index is 1170. The molecule has 1 aliphatic heterocycles. The lowest BCUT2D eigenvalue weighted by Gasteiger charge is -2.44.